The summed E-state index contributed by atoms with van der Waals surface area (Å²) in [5.74, 6) is -1.68. The number of benzene rings is 1. The van der Waals surface area contributed by atoms with Crippen molar-refractivity contribution in [1.29, 1.82) is 0 Å². The zero-order valence-electron chi connectivity index (χ0n) is 11.4. The van der Waals surface area contributed by atoms with E-state index in [0.29, 0.717) is 11.3 Å². The third-order valence-electron chi connectivity index (χ3n) is 2.77. The molecule has 0 unspecified atom stereocenters. The van der Waals surface area contributed by atoms with Crippen molar-refractivity contribution in [2.75, 3.05) is 25.7 Å². The lowest BCUT2D eigenvalue weighted by Gasteiger charge is -2.10. The van der Waals surface area contributed by atoms with Crippen LogP contribution in [0.15, 0.2) is 18.2 Å². The molecule has 0 aliphatic heterocycles. The molecule has 2 aromatic rings. The van der Waals surface area contributed by atoms with Gasteiger partial charge in [-0.2, -0.15) is 4.98 Å². The van der Waals surface area contributed by atoms with Gasteiger partial charge in [0.2, 0.25) is 5.95 Å². The van der Waals surface area contributed by atoms with Crippen molar-refractivity contribution in [3.63, 3.8) is 0 Å². The third kappa shape index (κ3) is 2.69. The minimum Gasteiger partial charge on any atom is -0.496 e. The first-order chi connectivity index (χ1) is 9.97. The van der Waals surface area contributed by atoms with E-state index in [4.69, 9.17) is 16.2 Å². The number of nitrogen functional groups attached to an aromatic ring is 2. The highest BCUT2D eigenvalue weighted by atomic mass is 19.1. The topological polar surface area (TPSA) is 113 Å². The Labute approximate surface area is 119 Å². The normalized spacial score (nSPS) is 10.2. The standard InChI is InChI=1S/C13H13FN4O3/c1-20-8-4-3-6(5-7(8)12(19)21-2)10-9(14)11(15)18-13(16)17-10/h3-5H,1-2H3,(H4,15,16,17,18). The summed E-state index contributed by atoms with van der Waals surface area (Å²) < 4.78 is 23.7. The van der Waals surface area contributed by atoms with Gasteiger partial charge in [-0.1, -0.05) is 0 Å². The van der Waals surface area contributed by atoms with Gasteiger partial charge in [0.15, 0.2) is 11.6 Å². The van der Waals surface area contributed by atoms with Gasteiger partial charge in [-0.25, -0.2) is 14.2 Å². The van der Waals surface area contributed by atoms with E-state index < -0.39 is 11.8 Å². The predicted molar refractivity (Wildman–Crippen MR) is 74.1 cm³/mol. The Hall–Kier alpha value is -2.90. The lowest BCUT2D eigenvalue weighted by Crippen LogP contribution is -2.07. The molecule has 0 amide bonds. The summed E-state index contributed by atoms with van der Waals surface area (Å²) in [6.07, 6.45) is 0. The van der Waals surface area contributed by atoms with Gasteiger partial charge >= 0.3 is 5.97 Å². The van der Waals surface area contributed by atoms with E-state index in [9.17, 15) is 9.18 Å². The zero-order chi connectivity index (χ0) is 15.6. The molecule has 7 nitrogen and oxygen atoms in total. The molecular formula is C13H13FN4O3. The Morgan fingerprint density at radius 3 is 2.57 bits per heavy atom. The van der Waals surface area contributed by atoms with Gasteiger partial charge in [0.25, 0.3) is 0 Å². The number of hydrogen-bond donors (Lipinski definition) is 2. The van der Waals surface area contributed by atoms with E-state index in [2.05, 4.69) is 14.7 Å². The van der Waals surface area contributed by atoms with Gasteiger partial charge < -0.3 is 20.9 Å². The van der Waals surface area contributed by atoms with Gasteiger partial charge in [0, 0.05) is 5.56 Å². The third-order valence-corrected chi connectivity index (χ3v) is 2.77. The van der Waals surface area contributed by atoms with Crippen LogP contribution in [0.25, 0.3) is 11.3 Å². The molecule has 2 rings (SSSR count). The maximum absolute atomic E-state index is 14.0. The second-order valence-corrected chi connectivity index (χ2v) is 4.04. The highest BCUT2D eigenvalue weighted by Crippen LogP contribution is 2.29. The molecule has 0 radical (unpaired) electrons. The van der Waals surface area contributed by atoms with Crippen LogP contribution in [-0.2, 0) is 4.74 Å². The average molecular weight is 292 g/mol. The summed E-state index contributed by atoms with van der Waals surface area (Å²) in [6, 6.07) is 4.40. The SMILES string of the molecule is COC(=O)c1cc(-c2nc(N)nc(N)c2F)ccc1OC. The molecule has 1 aromatic carbocycles. The van der Waals surface area contributed by atoms with Crippen LogP contribution in [0.4, 0.5) is 16.2 Å². The van der Waals surface area contributed by atoms with E-state index in [1.807, 2.05) is 0 Å². The van der Waals surface area contributed by atoms with Gasteiger partial charge in [0.1, 0.15) is 17.0 Å². The van der Waals surface area contributed by atoms with Crippen LogP contribution in [0.5, 0.6) is 5.75 Å². The number of ether oxygens (including phenoxy) is 2. The second-order valence-electron chi connectivity index (χ2n) is 4.04. The highest BCUT2D eigenvalue weighted by Gasteiger charge is 2.18. The molecule has 0 atom stereocenters. The summed E-state index contributed by atoms with van der Waals surface area (Å²) in [4.78, 5) is 19.0. The quantitative estimate of drug-likeness (QED) is 0.818. The number of halogens is 1. The number of methoxy groups -OCH3 is 2. The smallest absolute Gasteiger partial charge is 0.341 e. The fraction of sp³-hybridized carbons (Fsp3) is 0.154. The van der Waals surface area contributed by atoms with Gasteiger partial charge in [-0.15, -0.1) is 0 Å². The highest BCUT2D eigenvalue weighted by molar-refractivity contribution is 5.94. The number of nitrogens with zero attached hydrogens (tertiary/aromatic N) is 2. The number of carbonyl (C=O) groups is 1. The van der Waals surface area contributed by atoms with E-state index >= 15 is 0 Å². The van der Waals surface area contributed by atoms with Crippen LogP contribution in [0, 0.1) is 5.82 Å². The molecule has 1 heterocycles. The fourth-order valence-electron chi connectivity index (χ4n) is 1.80. The number of carbonyl (C=O) groups excluding carboxylic acids is 1. The van der Waals surface area contributed by atoms with E-state index in [0.717, 1.165) is 0 Å². The van der Waals surface area contributed by atoms with Crippen LogP contribution in [0.1, 0.15) is 10.4 Å². The molecular weight excluding hydrogens is 279 g/mol. The number of aromatic nitrogens is 2. The number of rotatable bonds is 3. The monoisotopic (exact) mass is 292 g/mol. The lowest BCUT2D eigenvalue weighted by atomic mass is 10.1. The van der Waals surface area contributed by atoms with E-state index in [1.165, 1.54) is 32.4 Å². The van der Waals surface area contributed by atoms with Gasteiger partial charge in [-0.3, -0.25) is 0 Å². The summed E-state index contributed by atoms with van der Waals surface area (Å²) in [5, 5.41) is 0. The Morgan fingerprint density at radius 1 is 1.24 bits per heavy atom. The van der Waals surface area contributed by atoms with E-state index in [-0.39, 0.29) is 23.0 Å². The summed E-state index contributed by atoms with van der Waals surface area (Å²) >= 11 is 0. The van der Waals surface area contributed by atoms with Crippen LogP contribution in [0.2, 0.25) is 0 Å². The molecule has 1 aromatic heterocycles. The van der Waals surface area contributed by atoms with Crippen LogP contribution in [0.3, 0.4) is 0 Å². The van der Waals surface area contributed by atoms with Crippen molar-refractivity contribution >= 4 is 17.7 Å². The Morgan fingerprint density at radius 2 is 1.95 bits per heavy atom. The molecule has 0 aliphatic carbocycles. The molecule has 110 valence electrons. The second kappa shape index (κ2) is 5.61. The molecule has 4 N–H and O–H groups in total. The molecule has 0 spiro atoms. The summed E-state index contributed by atoms with van der Waals surface area (Å²) in [5.41, 5.74) is 11.2. The molecule has 8 heteroatoms. The molecule has 0 aliphatic rings. The lowest BCUT2D eigenvalue weighted by molar-refractivity contribution is 0.0597. The Balaban J connectivity index is 2.63. The van der Waals surface area contributed by atoms with Crippen LogP contribution < -0.4 is 16.2 Å². The number of hydrogen-bond acceptors (Lipinski definition) is 7. The first-order valence-corrected chi connectivity index (χ1v) is 5.83. The van der Waals surface area contributed by atoms with Gasteiger partial charge in [-0.05, 0) is 18.2 Å². The van der Waals surface area contributed by atoms with Gasteiger partial charge in [0.05, 0.1) is 14.2 Å². The van der Waals surface area contributed by atoms with Crippen molar-refractivity contribution in [2.24, 2.45) is 0 Å². The largest absolute Gasteiger partial charge is 0.496 e. The van der Waals surface area contributed by atoms with Crippen molar-refractivity contribution in [3.8, 4) is 17.0 Å². The fourth-order valence-corrected chi connectivity index (χ4v) is 1.80. The Kier molecular flexibility index (Phi) is 3.88. The first-order valence-electron chi connectivity index (χ1n) is 5.83. The van der Waals surface area contributed by atoms with E-state index in [1.54, 1.807) is 0 Å². The van der Waals surface area contributed by atoms with Crippen molar-refractivity contribution in [2.45, 2.75) is 0 Å². The number of nitrogens with two attached hydrogens (primary N) is 2. The number of anilines is 2. The first kappa shape index (κ1) is 14.5. The molecule has 0 saturated heterocycles. The zero-order valence-corrected chi connectivity index (χ0v) is 11.4. The molecule has 0 bridgehead atoms. The molecule has 21 heavy (non-hydrogen) atoms. The summed E-state index contributed by atoms with van der Waals surface area (Å²) in [6.45, 7) is 0. The molecule has 0 fully saturated rings. The average Bonchev–Trinajstić information content (AvgIpc) is 2.49. The van der Waals surface area contributed by atoms with Crippen molar-refractivity contribution in [1.82, 2.24) is 9.97 Å². The Bertz CT molecular complexity index is 706. The minimum atomic E-state index is -0.815. The number of esters is 1. The summed E-state index contributed by atoms with van der Waals surface area (Å²) in [7, 11) is 2.64. The molecule has 0 saturated carbocycles. The predicted octanol–water partition coefficient (Wildman–Crippen LogP) is 1.24. The van der Waals surface area contributed by atoms with Crippen LogP contribution >= 0.6 is 0 Å². The van der Waals surface area contributed by atoms with Crippen LogP contribution in [-0.4, -0.2) is 30.2 Å². The maximum Gasteiger partial charge on any atom is 0.341 e. The minimum absolute atomic E-state index is 0.104. The maximum atomic E-state index is 14.0. The van der Waals surface area contributed by atoms with Crippen molar-refractivity contribution in [3.05, 3.63) is 29.6 Å². The van der Waals surface area contributed by atoms with Crippen molar-refractivity contribution < 1.29 is 18.7 Å².